The van der Waals surface area contributed by atoms with Gasteiger partial charge in [-0.25, -0.2) is 4.39 Å². The van der Waals surface area contributed by atoms with Crippen molar-refractivity contribution in [2.45, 2.75) is 46.2 Å². The van der Waals surface area contributed by atoms with Gasteiger partial charge in [0.05, 0.1) is 0 Å². The Labute approximate surface area is 116 Å². The molecule has 106 valence electrons. The highest BCUT2D eigenvalue weighted by Gasteiger charge is 2.32. The van der Waals surface area contributed by atoms with E-state index in [0.29, 0.717) is 18.0 Å². The van der Waals surface area contributed by atoms with Crippen LogP contribution in [0.25, 0.3) is 0 Å². The molecule has 3 heteroatoms. The molecule has 1 fully saturated rings. The lowest BCUT2D eigenvalue weighted by atomic mass is 9.86. The zero-order valence-corrected chi connectivity index (χ0v) is 12.4. The van der Waals surface area contributed by atoms with Crippen molar-refractivity contribution in [1.29, 1.82) is 0 Å². The van der Waals surface area contributed by atoms with Crippen LogP contribution in [0, 0.1) is 18.7 Å². The number of aryl methyl sites for hydroxylation is 1. The Hall–Kier alpha value is -1.09. The second kappa shape index (κ2) is 5.91. The Bertz CT molecular complexity index is 433. The van der Waals surface area contributed by atoms with Crippen molar-refractivity contribution in [2.75, 3.05) is 18.0 Å². The summed E-state index contributed by atoms with van der Waals surface area (Å²) in [6.07, 6.45) is 1.15. The van der Waals surface area contributed by atoms with Crippen molar-refractivity contribution < 1.29 is 4.39 Å². The smallest absolute Gasteiger partial charge is 0.123 e. The predicted molar refractivity (Wildman–Crippen MR) is 79.2 cm³/mol. The summed E-state index contributed by atoms with van der Waals surface area (Å²) in [5.74, 6) is 0.447. The molecule has 1 saturated heterocycles. The fourth-order valence-corrected chi connectivity index (χ4v) is 3.20. The summed E-state index contributed by atoms with van der Waals surface area (Å²) in [5.41, 5.74) is 2.21. The van der Waals surface area contributed by atoms with Gasteiger partial charge in [0.2, 0.25) is 0 Å². The first-order chi connectivity index (χ1) is 9.04. The first kappa shape index (κ1) is 14.3. The number of nitrogens with one attached hydrogen (secondary N) is 1. The normalized spacial score (nSPS) is 27.6. The standard InChI is InChI=1S/C16H25FN2/c1-5-18-15-8-9-19(13(4)12(15)3)16-7-6-14(17)10-11(16)2/h6-7,10,12-13,15,18H,5,8-9H2,1-4H3. The lowest BCUT2D eigenvalue weighted by Gasteiger charge is -2.44. The van der Waals surface area contributed by atoms with E-state index in [1.165, 1.54) is 5.69 Å². The highest BCUT2D eigenvalue weighted by Crippen LogP contribution is 2.31. The fraction of sp³-hybridized carbons (Fsp3) is 0.625. The van der Waals surface area contributed by atoms with Gasteiger partial charge in [0.15, 0.2) is 0 Å². The Morgan fingerprint density at radius 2 is 2.11 bits per heavy atom. The maximum Gasteiger partial charge on any atom is 0.123 e. The van der Waals surface area contributed by atoms with E-state index in [1.54, 1.807) is 12.1 Å². The van der Waals surface area contributed by atoms with Crippen LogP contribution in [0.2, 0.25) is 0 Å². The van der Waals surface area contributed by atoms with Crippen molar-refractivity contribution in [3.8, 4) is 0 Å². The molecule has 1 aromatic rings. The molecule has 0 spiro atoms. The van der Waals surface area contributed by atoms with Gasteiger partial charge in [-0.1, -0.05) is 13.8 Å². The predicted octanol–water partition coefficient (Wildman–Crippen LogP) is 3.35. The molecule has 3 atom stereocenters. The molecular formula is C16H25FN2. The zero-order chi connectivity index (χ0) is 14.0. The molecule has 2 nitrogen and oxygen atoms in total. The van der Waals surface area contributed by atoms with Gasteiger partial charge in [-0.3, -0.25) is 0 Å². The fourth-order valence-electron chi connectivity index (χ4n) is 3.20. The van der Waals surface area contributed by atoms with Crippen LogP contribution < -0.4 is 10.2 Å². The maximum atomic E-state index is 13.2. The molecule has 1 aliphatic heterocycles. The minimum absolute atomic E-state index is 0.149. The molecule has 3 unspecified atom stereocenters. The van der Waals surface area contributed by atoms with E-state index in [9.17, 15) is 4.39 Å². The lowest BCUT2D eigenvalue weighted by Crippen LogP contribution is -2.53. The lowest BCUT2D eigenvalue weighted by molar-refractivity contribution is 0.274. The second-order valence-corrected chi connectivity index (χ2v) is 5.68. The van der Waals surface area contributed by atoms with E-state index in [4.69, 9.17) is 0 Å². The molecule has 1 N–H and O–H groups in total. The van der Waals surface area contributed by atoms with Crippen LogP contribution in [0.15, 0.2) is 18.2 Å². The summed E-state index contributed by atoms with van der Waals surface area (Å²) < 4.78 is 13.2. The highest BCUT2D eigenvalue weighted by atomic mass is 19.1. The van der Waals surface area contributed by atoms with Gasteiger partial charge >= 0.3 is 0 Å². The summed E-state index contributed by atoms with van der Waals surface area (Å²) in [5, 5.41) is 3.57. The number of hydrogen-bond acceptors (Lipinski definition) is 2. The molecule has 2 rings (SSSR count). The number of hydrogen-bond donors (Lipinski definition) is 1. The number of rotatable bonds is 3. The van der Waals surface area contributed by atoms with E-state index in [2.05, 4.69) is 31.0 Å². The third kappa shape index (κ3) is 2.92. The van der Waals surface area contributed by atoms with Crippen LogP contribution in [-0.2, 0) is 0 Å². The maximum absolute atomic E-state index is 13.2. The number of anilines is 1. The number of halogens is 1. The number of nitrogens with zero attached hydrogens (tertiary/aromatic N) is 1. The van der Waals surface area contributed by atoms with E-state index >= 15 is 0 Å². The molecule has 0 aromatic heterocycles. The molecule has 0 radical (unpaired) electrons. The minimum Gasteiger partial charge on any atom is -0.368 e. The zero-order valence-electron chi connectivity index (χ0n) is 12.4. The van der Waals surface area contributed by atoms with Gasteiger partial charge in [-0.05, 0) is 56.5 Å². The summed E-state index contributed by atoms with van der Waals surface area (Å²) in [6.45, 7) is 10.8. The van der Waals surface area contributed by atoms with Gasteiger partial charge < -0.3 is 10.2 Å². The average molecular weight is 264 g/mol. The van der Waals surface area contributed by atoms with E-state index < -0.39 is 0 Å². The molecule has 1 aromatic carbocycles. The van der Waals surface area contributed by atoms with Gasteiger partial charge in [-0.15, -0.1) is 0 Å². The van der Waals surface area contributed by atoms with Crippen molar-refractivity contribution >= 4 is 5.69 Å². The van der Waals surface area contributed by atoms with Crippen LogP contribution in [0.1, 0.15) is 32.8 Å². The van der Waals surface area contributed by atoms with Crippen molar-refractivity contribution in [2.24, 2.45) is 5.92 Å². The first-order valence-corrected chi connectivity index (χ1v) is 7.30. The minimum atomic E-state index is -0.149. The van der Waals surface area contributed by atoms with Crippen LogP contribution in [-0.4, -0.2) is 25.2 Å². The first-order valence-electron chi connectivity index (χ1n) is 7.30. The summed E-state index contributed by atoms with van der Waals surface area (Å²) in [4.78, 5) is 2.42. The SMILES string of the molecule is CCNC1CCN(c2ccc(F)cc2C)C(C)C1C. The largest absolute Gasteiger partial charge is 0.368 e. The van der Waals surface area contributed by atoms with Crippen molar-refractivity contribution in [1.82, 2.24) is 5.32 Å². The van der Waals surface area contributed by atoms with Crippen LogP contribution in [0.5, 0.6) is 0 Å². The molecule has 0 saturated carbocycles. The quantitative estimate of drug-likeness (QED) is 0.900. The Morgan fingerprint density at radius 3 is 2.74 bits per heavy atom. The van der Waals surface area contributed by atoms with E-state index in [-0.39, 0.29) is 5.82 Å². The van der Waals surface area contributed by atoms with Crippen molar-refractivity contribution in [3.05, 3.63) is 29.6 Å². The third-order valence-corrected chi connectivity index (χ3v) is 4.50. The Morgan fingerprint density at radius 1 is 1.37 bits per heavy atom. The van der Waals surface area contributed by atoms with Gasteiger partial charge in [-0.2, -0.15) is 0 Å². The topological polar surface area (TPSA) is 15.3 Å². The van der Waals surface area contributed by atoms with E-state index in [0.717, 1.165) is 25.1 Å². The van der Waals surface area contributed by atoms with Crippen LogP contribution in [0.4, 0.5) is 10.1 Å². The van der Waals surface area contributed by atoms with Crippen LogP contribution in [0.3, 0.4) is 0 Å². The molecule has 1 heterocycles. The molecular weight excluding hydrogens is 239 g/mol. The highest BCUT2D eigenvalue weighted by molar-refractivity contribution is 5.54. The second-order valence-electron chi connectivity index (χ2n) is 5.68. The molecule has 0 amide bonds. The Kier molecular flexibility index (Phi) is 4.46. The monoisotopic (exact) mass is 264 g/mol. The molecule has 0 aliphatic carbocycles. The molecule has 1 aliphatic rings. The third-order valence-electron chi connectivity index (χ3n) is 4.50. The summed E-state index contributed by atoms with van der Waals surface area (Å²) >= 11 is 0. The van der Waals surface area contributed by atoms with Crippen molar-refractivity contribution in [3.63, 3.8) is 0 Å². The molecule has 19 heavy (non-hydrogen) atoms. The Balaban J connectivity index is 2.18. The van der Waals surface area contributed by atoms with Gasteiger partial charge in [0, 0.05) is 24.3 Å². The van der Waals surface area contributed by atoms with Gasteiger partial charge in [0.25, 0.3) is 0 Å². The molecule has 0 bridgehead atoms. The van der Waals surface area contributed by atoms with E-state index in [1.807, 2.05) is 13.0 Å². The van der Waals surface area contributed by atoms with Gasteiger partial charge in [0.1, 0.15) is 5.82 Å². The number of benzene rings is 1. The summed E-state index contributed by atoms with van der Waals surface area (Å²) in [6, 6.07) is 6.18. The average Bonchev–Trinajstić information content (AvgIpc) is 2.37. The van der Waals surface area contributed by atoms with Crippen LogP contribution >= 0.6 is 0 Å². The summed E-state index contributed by atoms with van der Waals surface area (Å²) in [7, 11) is 0. The number of piperidine rings is 1.